The van der Waals surface area contributed by atoms with E-state index in [-0.39, 0.29) is 0 Å². The Morgan fingerprint density at radius 1 is 0.155 bits per heavy atom. The third kappa shape index (κ3) is 8.60. The fraction of sp³-hybridized carbons (Fsp3) is 1.00. The molecule has 9 fully saturated rings. The molecule has 0 unspecified atom stereocenters. The van der Waals surface area contributed by atoms with E-state index in [2.05, 4.69) is 0 Å². The topological polar surface area (TPSA) is 0 Å². The monoisotopic (exact) mass is 854 g/mol. The molecule has 3 heteroatoms. The van der Waals surface area contributed by atoms with Gasteiger partial charge in [0, 0.05) is 0 Å². The van der Waals surface area contributed by atoms with E-state index >= 15 is 0 Å². The zero-order valence-electron chi connectivity index (χ0n) is 38.9. The molecule has 9 aliphatic rings. The van der Waals surface area contributed by atoms with Gasteiger partial charge in [-0.3, -0.25) is 0 Å². The Kier molecular flexibility index (Phi) is 16.5. The fourth-order valence-corrected chi connectivity index (χ4v) is 57.8. The van der Waals surface area contributed by atoms with E-state index in [4.69, 9.17) is 0 Å². The van der Waals surface area contributed by atoms with Gasteiger partial charge in [0.05, 0.1) is 50.9 Å². The van der Waals surface area contributed by atoms with Gasteiger partial charge in [-0.1, -0.05) is 57.8 Å². The molecule has 58 heavy (non-hydrogen) atoms. The summed E-state index contributed by atoms with van der Waals surface area (Å²) in [6.45, 7) is 0. The maximum Gasteiger partial charge on any atom is 0.257 e. The second kappa shape index (κ2) is 21.5. The molecule has 0 aromatic carbocycles. The summed E-state index contributed by atoms with van der Waals surface area (Å²) in [7, 11) is -4.13. The van der Waals surface area contributed by atoms with E-state index < -0.39 is 21.8 Å². The molecule has 0 aromatic rings. The van der Waals surface area contributed by atoms with Gasteiger partial charge in [-0.25, -0.2) is 0 Å². The van der Waals surface area contributed by atoms with Crippen molar-refractivity contribution in [3.8, 4) is 0 Å². The fourth-order valence-electron chi connectivity index (χ4n) is 19.2. The van der Waals surface area contributed by atoms with Crippen LogP contribution in [0.2, 0.25) is 0 Å². The second-order valence-corrected chi connectivity index (χ2v) is 38.4. The van der Waals surface area contributed by atoms with Crippen LogP contribution >= 0.6 is 21.8 Å². The van der Waals surface area contributed by atoms with Crippen LogP contribution in [-0.4, -0.2) is 56.1 Å². The van der Waals surface area contributed by atoms with Crippen molar-refractivity contribution in [2.45, 2.75) is 345 Å². The van der Waals surface area contributed by atoms with Crippen molar-refractivity contribution in [3.63, 3.8) is 0 Å². The Balaban J connectivity index is 1.43. The van der Waals surface area contributed by atoms with Crippen molar-refractivity contribution in [3.05, 3.63) is 0 Å². The minimum Gasteiger partial charge on any atom is -0.0530 e. The van der Waals surface area contributed by atoms with E-state index in [0.29, 0.717) is 0 Å². The highest BCUT2D eigenvalue weighted by Gasteiger charge is 2.86. The van der Waals surface area contributed by atoms with Gasteiger partial charge in [0.15, 0.2) is 0 Å². The first-order valence-corrected chi connectivity index (χ1v) is 34.6. The Morgan fingerprint density at radius 2 is 0.259 bits per heavy atom. The number of hydrogen-bond donors (Lipinski definition) is 0. The normalized spacial score (nSPS) is 29.9. The summed E-state index contributed by atoms with van der Waals surface area (Å²) in [5, 5.41) is 1.38. The van der Waals surface area contributed by atoms with Gasteiger partial charge in [-0.2, -0.15) is 0 Å². The summed E-state index contributed by atoms with van der Waals surface area (Å²) in [5.74, 6) is 0. The molecule has 0 N–H and O–H groups in total. The lowest BCUT2D eigenvalue weighted by Crippen LogP contribution is -2.54. The molecular weight excluding hydrogens is 754 g/mol. The predicted octanol–water partition coefficient (Wildman–Crippen LogP) is 19.3. The Morgan fingerprint density at radius 3 is 0.362 bits per heavy atom. The van der Waals surface area contributed by atoms with Gasteiger partial charge in [0.25, 0.3) is 5.14 Å². The zero-order valence-corrected chi connectivity index (χ0v) is 41.6. The van der Waals surface area contributed by atoms with E-state index in [1.165, 1.54) is 56.1 Å². The van der Waals surface area contributed by atoms with Crippen LogP contribution in [0.25, 0.3) is 0 Å². The zero-order chi connectivity index (χ0) is 39.1. The highest BCUT2D eigenvalue weighted by molar-refractivity contribution is 8.09. The van der Waals surface area contributed by atoms with Crippen LogP contribution in [-0.2, 0) is 0 Å². The molecule has 0 nitrogen and oxygen atoms in total. The van der Waals surface area contributed by atoms with Crippen LogP contribution < -0.4 is 0 Å². The summed E-state index contributed by atoms with van der Waals surface area (Å²) in [4.78, 5) is 0. The van der Waals surface area contributed by atoms with Crippen LogP contribution in [0.5, 0.6) is 0 Å². The standard InChI is InChI=1S/C55H100P3/c1-10-28-46(29-11-1)56(47-30-12-2-13-31-47,48-32-14-3-15-33-48)55(57(49-34-16-4-17-35-49,50-36-18-5-19-37-50)51-38-20-6-21-39-51)58(52-40-22-7-23-41-52,53-42-24-8-25-43-53)54-44-26-9-27-45-54/h46-55H,1-45H2/q+3. The van der Waals surface area contributed by atoms with Crippen molar-refractivity contribution < 1.29 is 0 Å². The summed E-state index contributed by atoms with van der Waals surface area (Å²) in [6.07, 6.45) is 75.1. The van der Waals surface area contributed by atoms with Crippen LogP contribution in [0.4, 0.5) is 0 Å². The summed E-state index contributed by atoms with van der Waals surface area (Å²) >= 11 is 0. The Hall–Kier alpha value is 1.29. The van der Waals surface area contributed by atoms with Crippen molar-refractivity contribution in [2.24, 2.45) is 0 Å². The van der Waals surface area contributed by atoms with Crippen molar-refractivity contribution >= 4 is 21.8 Å². The SMILES string of the molecule is C1CCC([P+](C2CCCCC2)(C2CCCCC2)C([P+](C2CCCCC2)(C2CCCCC2)C2CCCCC2)[P+](C2CCCCC2)(C2CCCCC2)C2CCCCC2)CC1. The Bertz CT molecular complexity index is 889. The first kappa shape index (κ1) is 44.5. The predicted molar refractivity (Wildman–Crippen MR) is 266 cm³/mol. The second-order valence-electron chi connectivity index (χ2n) is 23.7. The molecule has 332 valence electrons. The lowest BCUT2D eigenvalue weighted by atomic mass is 9.98. The van der Waals surface area contributed by atoms with Crippen LogP contribution in [0.1, 0.15) is 289 Å². The lowest BCUT2D eigenvalue weighted by molar-refractivity contribution is 0.434. The molecule has 0 atom stereocenters. The third-order valence-corrected chi connectivity index (χ3v) is 46.7. The molecule has 0 amide bonds. The van der Waals surface area contributed by atoms with E-state index in [1.54, 1.807) is 289 Å². The highest BCUT2D eigenvalue weighted by Crippen LogP contribution is 3.05. The van der Waals surface area contributed by atoms with Gasteiger partial charge in [0.1, 0.15) is 21.8 Å². The van der Waals surface area contributed by atoms with Crippen LogP contribution in [0.15, 0.2) is 0 Å². The number of rotatable bonds is 12. The molecule has 9 rings (SSSR count). The molecule has 0 saturated heterocycles. The minimum absolute atomic E-state index is 1.21. The molecule has 0 spiro atoms. The summed E-state index contributed by atoms with van der Waals surface area (Å²) < 4.78 is 0. The third-order valence-electron chi connectivity index (χ3n) is 21.1. The van der Waals surface area contributed by atoms with Gasteiger partial charge in [-0.05, 0) is 231 Å². The molecule has 0 bridgehead atoms. The van der Waals surface area contributed by atoms with E-state index in [9.17, 15) is 0 Å². The molecule has 0 heterocycles. The molecular formula is C55H100P3+3. The Labute approximate surface area is 365 Å². The first-order valence-electron chi connectivity index (χ1n) is 28.4. The van der Waals surface area contributed by atoms with E-state index in [0.717, 1.165) is 0 Å². The van der Waals surface area contributed by atoms with Crippen molar-refractivity contribution in [2.75, 3.05) is 0 Å². The maximum absolute atomic E-state index is 1.73. The average molecular weight is 854 g/mol. The summed E-state index contributed by atoms with van der Waals surface area (Å²) in [6, 6.07) is 0. The maximum atomic E-state index is 1.73. The van der Waals surface area contributed by atoms with Gasteiger partial charge >= 0.3 is 0 Å². The quantitative estimate of drug-likeness (QED) is 0.172. The first-order chi connectivity index (χ1) is 28.8. The largest absolute Gasteiger partial charge is 0.257 e. The van der Waals surface area contributed by atoms with E-state index in [1.807, 2.05) is 0 Å². The molecule has 9 aliphatic carbocycles. The van der Waals surface area contributed by atoms with Crippen molar-refractivity contribution in [1.29, 1.82) is 0 Å². The molecule has 0 aromatic heterocycles. The molecule has 9 saturated carbocycles. The van der Waals surface area contributed by atoms with Gasteiger partial charge in [0.2, 0.25) is 0 Å². The molecule has 0 aliphatic heterocycles. The van der Waals surface area contributed by atoms with Gasteiger partial charge in [-0.15, -0.1) is 0 Å². The number of hydrogen-bond acceptors (Lipinski definition) is 0. The van der Waals surface area contributed by atoms with Crippen LogP contribution in [0.3, 0.4) is 0 Å². The van der Waals surface area contributed by atoms with Gasteiger partial charge < -0.3 is 0 Å². The van der Waals surface area contributed by atoms with Crippen molar-refractivity contribution in [1.82, 2.24) is 0 Å². The smallest absolute Gasteiger partial charge is 0.0530 e. The minimum atomic E-state index is -1.38. The van der Waals surface area contributed by atoms with Crippen LogP contribution in [0, 0.1) is 0 Å². The highest BCUT2D eigenvalue weighted by atomic mass is 31.3. The summed E-state index contributed by atoms with van der Waals surface area (Å²) in [5.41, 5.74) is 10.9. The average Bonchev–Trinajstić information content (AvgIpc) is 3.33. The molecule has 0 radical (unpaired) electrons. The lowest BCUT2D eigenvalue weighted by Gasteiger charge is -2.64.